The van der Waals surface area contributed by atoms with E-state index in [-0.39, 0.29) is 0 Å². The Hall–Kier alpha value is -1.44. The number of hydrogen-bond acceptors (Lipinski definition) is 1. The Bertz CT molecular complexity index is 445. The van der Waals surface area contributed by atoms with Crippen LogP contribution in [-0.2, 0) is 0 Å². The average molecular weight is 216 g/mol. The minimum Gasteiger partial charge on any atom is -0.323 e. The normalized spacial score (nSPS) is 12.9. The Morgan fingerprint density at radius 2 is 2.00 bits per heavy atom. The Kier molecular flexibility index (Phi) is 3.50. The molecule has 1 aromatic carbocycles. The highest BCUT2D eigenvalue weighted by molar-refractivity contribution is 5.80. The molecule has 0 saturated carbocycles. The van der Waals surface area contributed by atoms with E-state index in [1.165, 1.54) is 30.2 Å². The van der Waals surface area contributed by atoms with Gasteiger partial charge in [-0.3, -0.25) is 4.68 Å². The predicted molar refractivity (Wildman–Crippen MR) is 70.3 cm³/mol. The second kappa shape index (κ2) is 5.06. The second-order valence-corrected chi connectivity index (χ2v) is 4.27. The summed E-state index contributed by atoms with van der Waals surface area (Å²) in [5, 5.41) is 1.29. The lowest BCUT2D eigenvalue weighted by molar-refractivity contribution is 0.573. The van der Waals surface area contributed by atoms with Crippen LogP contribution in [0.4, 0.5) is 0 Å². The lowest BCUT2D eigenvalue weighted by atomic mass is 10.1. The van der Waals surface area contributed by atoms with Crippen molar-refractivity contribution in [3.63, 3.8) is 0 Å². The molecular weight excluding hydrogens is 196 g/mol. The van der Waals surface area contributed by atoms with Gasteiger partial charge in [0.05, 0.1) is 5.52 Å². The maximum Gasteiger partial charge on any atom is 0.0692 e. The highest BCUT2D eigenvalue weighted by Crippen LogP contribution is 2.14. The van der Waals surface area contributed by atoms with Crippen LogP contribution in [0.1, 0.15) is 33.1 Å². The van der Waals surface area contributed by atoms with Crippen LogP contribution in [0.15, 0.2) is 36.5 Å². The Morgan fingerprint density at radius 1 is 1.19 bits per heavy atom. The van der Waals surface area contributed by atoms with Gasteiger partial charge in [-0.25, -0.2) is 0 Å². The van der Waals surface area contributed by atoms with Crippen molar-refractivity contribution in [3.8, 4) is 0 Å². The van der Waals surface area contributed by atoms with Crippen molar-refractivity contribution in [2.75, 3.05) is 5.43 Å². The summed E-state index contributed by atoms with van der Waals surface area (Å²) in [5.41, 5.74) is 4.83. The van der Waals surface area contributed by atoms with Crippen molar-refractivity contribution >= 4 is 10.9 Å². The summed E-state index contributed by atoms with van der Waals surface area (Å²) in [6, 6.07) is 11.2. The highest BCUT2D eigenvalue weighted by Gasteiger charge is 2.06. The molecule has 2 aromatic rings. The molecule has 0 amide bonds. The number of nitrogens with one attached hydrogen (secondary N) is 1. The van der Waals surface area contributed by atoms with E-state index < -0.39 is 0 Å². The minimum absolute atomic E-state index is 0.570. The van der Waals surface area contributed by atoms with Crippen LogP contribution < -0.4 is 5.43 Å². The number of aromatic nitrogens is 1. The van der Waals surface area contributed by atoms with E-state index in [0.29, 0.717) is 6.04 Å². The highest BCUT2D eigenvalue weighted by atomic mass is 15.4. The summed E-state index contributed by atoms with van der Waals surface area (Å²) in [6.45, 7) is 4.47. The molecule has 0 bridgehead atoms. The van der Waals surface area contributed by atoms with Gasteiger partial charge in [0.1, 0.15) is 0 Å². The zero-order valence-corrected chi connectivity index (χ0v) is 10.1. The fourth-order valence-corrected chi connectivity index (χ4v) is 2.10. The molecule has 1 N–H and O–H groups in total. The van der Waals surface area contributed by atoms with E-state index in [1.54, 1.807) is 0 Å². The number of para-hydroxylation sites is 1. The van der Waals surface area contributed by atoms with Crippen LogP contribution >= 0.6 is 0 Å². The van der Waals surface area contributed by atoms with E-state index in [2.05, 4.69) is 60.5 Å². The fourth-order valence-electron chi connectivity index (χ4n) is 2.10. The Balaban J connectivity index is 2.20. The van der Waals surface area contributed by atoms with Crippen LogP contribution in [0.3, 0.4) is 0 Å². The SMILES string of the molecule is CCCC(CC)Nn1ccc2ccccc21. The van der Waals surface area contributed by atoms with Gasteiger partial charge >= 0.3 is 0 Å². The van der Waals surface area contributed by atoms with Gasteiger partial charge in [-0.1, -0.05) is 38.5 Å². The molecule has 0 radical (unpaired) electrons. The van der Waals surface area contributed by atoms with Crippen LogP contribution in [0, 0.1) is 0 Å². The van der Waals surface area contributed by atoms with Gasteiger partial charge in [0.25, 0.3) is 0 Å². The largest absolute Gasteiger partial charge is 0.323 e. The lowest BCUT2D eigenvalue weighted by Crippen LogP contribution is -2.26. The third-order valence-electron chi connectivity index (χ3n) is 3.05. The summed E-state index contributed by atoms with van der Waals surface area (Å²) in [7, 11) is 0. The van der Waals surface area contributed by atoms with Gasteiger partial charge in [-0.15, -0.1) is 0 Å². The van der Waals surface area contributed by atoms with Gasteiger partial charge in [-0.2, -0.15) is 0 Å². The Morgan fingerprint density at radius 3 is 2.75 bits per heavy atom. The van der Waals surface area contributed by atoms with Crippen LogP contribution in [0.5, 0.6) is 0 Å². The van der Waals surface area contributed by atoms with Gasteiger partial charge in [-0.05, 0) is 25.0 Å². The van der Waals surface area contributed by atoms with Crippen molar-refractivity contribution in [1.82, 2.24) is 4.68 Å². The van der Waals surface area contributed by atoms with Crippen LogP contribution in [-0.4, -0.2) is 10.7 Å². The first kappa shape index (κ1) is 11.1. The van der Waals surface area contributed by atoms with Crippen LogP contribution in [0.2, 0.25) is 0 Å². The number of rotatable bonds is 5. The molecule has 1 heterocycles. The van der Waals surface area contributed by atoms with Crippen molar-refractivity contribution in [2.45, 2.75) is 39.2 Å². The Labute approximate surface area is 97.2 Å². The first-order valence-electron chi connectivity index (χ1n) is 6.17. The van der Waals surface area contributed by atoms with Gasteiger partial charge < -0.3 is 5.43 Å². The summed E-state index contributed by atoms with van der Waals surface area (Å²) < 4.78 is 2.15. The molecule has 1 aromatic heterocycles. The molecule has 0 spiro atoms. The zero-order valence-electron chi connectivity index (χ0n) is 10.1. The maximum absolute atomic E-state index is 3.57. The molecule has 1 atom stereocenters. The standard InChI is InChI=1S/C14H20N2/c1-3-7-13(4-2)15-16-11-10-12-8-5-6-9-14(12)16/h5-6,8-11,13,15H,3-4,7H2,1-2H3. The summed E-state index contributed by atoms with van der Waals surface area (Å²) >= 11 is 0. The van der Waals surface area contributed by atoms with E-state index in [0.717, 1.165) is 0 Å². The molecule has 86 valence electrons. The number of nitrogens with zero attached hydrogens (tertiary/aromatic N) is 1. The topological polar surface area (TPSA) is 17.0 Å². The molecule has 0 aliphatic heterocycles. The lowest BCUT2D eigenvalue weighted by Gasteiger charge is -2.19. The predicted octanol–water partition coefficient (Wildman–Crippen LogP) is 3.76. The second-order valence-electron chi connectivity index (χ2n) is 4.27. The van der Waals surface area contributed by atoms with Gasteiger partial charge in [0.2, 0.25) is 0 Å². The fraction of sp³-hybridized carbons (Fsp3) is 0.429. The number of benzene rings is 1. The van der Waals surface area contributed by atoms with Gasteiger partial charge in [0, 0.05) is 17.6 Å². The van der Waals surface area contributed by atoms with Crippen molar-refractivity contribution in [1.29, 1.82) is 0 Å². The summed E-state index contributed by atoms with van der Waals surface area (Å²) in [4.78, 5) is 0. The average Bonchev–Trinajstić information content (AvgIpc) is 2.72. The molecule has 2 nitrogen and oxygen atoms in total. The van der Waals surface area contributed by atoms with Crippen molar-refractivity contribution < 1.29 is 0 Å². The molecular formula is C14H20N2. The molecule has 0 aliphatic rings. The maximum atomic E-state index is 3.57. The quantitative estimate of drug-likeness (QED) is 0.805. The molecule has 0 saturated heterocycles. The van der Waals surface area contributed by atoms with E-state index >= 15 is 0 Å². The molecule has 0 fully saturated rings. The molecule has 1 unspecified atom stereocenters. The first-order chi connectivity index (χ1) is 7.85. The smallest absolute Gasteiger partial charge is 0.0692 e. The van der Waals surface area contributed by atoms with Gasteiger partial charge in [0.15, 0.2) is 0 Å². The number of hydrogen-bond donors (Lipinski definition) is 1. The van der Waals surface area contributed by atoms with E-state index in [9.17, 15) is 0 Å². The number of fused-ring (bicyclic) bond motifs is 1. The third kappa shape index (κ3) is 2.21. The minimum atomic E-state index is 0.570. The summed E-state index contributed by atoms with van der Waals surface area (Å²) in [6.07, 6.45) is 5.73. The van der Waals surface area contributed by atoms with Crippen molar-refractivity contribution in [2.24, 2.45) is 0 Å². The summed E-state index contributed by atoms with van der Waals surface area (Å²) in [5.74, 6) is 0. The van der Waals surface area contributed by atoms with E-state index in [4.69, 9.17) is 0 Å². The van der Waals surface area contributed by atoms with E-state index in [1.807, 2.05) is 0 Å². The van der Waals surface area contributed by atoms with Crippen LogP contribution in [0.25, 0.3) is 10.9 Å². The molecule has 16 heavy (non-hydrogen) atoms. The zero-order chi connectivity index (χ0) is 11.4. The molecule has 2 heteroatoms. The monoisotopic (exact) mass is 216 g/mol. The third-order valence-corrected chi connectivity index (χ3v) is 3.05. The molecule has 2 rings (SSSR count). The van der Waals surface area contributed by atoms with Crippen molar-refractivity contribution in [3.05, 3.63) is 36.5 Å². The molecule has 0 aliphatic carbocycles. The first-order valence-corrected chi connectivity index (χ1v) is 6.17.